The van der Waals surface area contributed by atoms with Crippen LogP contribution in [0.2, 0.25) is 0 Å². The third kappa shape index (κ3) is 5.17. The van der Waals surface area contributed by atoms with Crippen LogP contribution in [0.1, 0.15) is 46.2 Å². The van der Waals surface area contributed by atoms with Crippen LogP contribution >= 0.6 is 0 Å². The van der Waals surface area contributed by atoms with Crippen LogP contribution in [0.4, 0.5) is 16.3 Å². The number of hydrogen-bond acceptors (Lipinski definition) is 5. The van der Waals surface area contributed by atoms with Crippen LogP contribution in [0.3, 0.4) is 0 Å². The lowest BCUT2D eigenvalue weighted by molar-refractivity contribution is 0.0530. The summed E-state index contributed by atoms with van der Waals surface area (Å²) in [7, 11) is 1.84. The van der Waals surface area contributed by atoms with Gasteiger partial charge in [0, 0.05) is 20.1 Å². The van der Waals surface area contributed by atoms with Gasteiger partial charge in [0.1, 0.15) is 11.4 Å². The predicted octanol–water partition coefficient (Wildman–Crippen LogP) is 2.06. The van der Waals surface area contributed by atoms with Crippen molar-refractivity contribution in [2.75, 3.05) is 24.1 Å². The molecule has 1 heterocycles. The highest BCUT2D eigenvalue weighted by atomic mass is 16.6. The third-order valence-corrected chi connectivity index (χ3v) is 2.74. The summed E-state index contributed by atoms with van der Waals surface area (Å²) in [5.74, 6) is 1.04. The minimum atomic E-state index is -0.490. The second kappa shape index (κ2) is 6.69. The van der Waals surface area contributed by atoms with Crippen LogP contribution in [0.15, 0.2) is 0 Å². The van der Waals surface area contributed by atoms with Crippen LogP contribution < -0.4 is 16.4 Å². The maximum atomic E-state index is 11.5. The maximum absolute atomic E-state index is 11.5. The average Bonchev–Trinajstić information content (AvgIpc) is 2.59. The molecule has 0 bridgehead atoms. The predicted molar refractivity (Wildman–Crippen MR) is 84.4 cm³/mol. The molecule has 0 unspecified atom stereocenters. The largest absolute Gasteiger partial charge is 0.444 e. The van der Waals surface area contributed by atoms with Crippen LogP contribution in [0, 0.1) is 0 Å². The molecule has 0 atom stereocenters. The smallest absolute Gasteiger partial charge is 0.407 e. The van der Waals surface area contributed by atoms with Crippen molar-refractivity contribution in [2.24, 2.45) is 7.05 Å². The van der Waals surface area contributed by atoms with E-state index >= 15 is 0 Å². The van der Waals surface area contributed by atoms with Crippen LogP contribution in [-0.4, -0.2) is 34.6 Å². The molecule has 0 saturated heterocycles. The zero-order valence-electron chi connectivity index (χ0n) is 13.8. The molecule has 7 nitrogen and oxygen atoms in total. The molecule has 0 spiro atoms. The number of carbonyl (C=O) groups is 1. The van der Waals surface area contributed by atoms with E-state index in [1.165, 1.54) is 0 Å². The standard InChI is InChI=1S/C14H27N5O2/c1-9(2)11-10(15)12(19(6)18-11)16-7-8-17-13(20)21-14(3,4)5/h9,16H,7-8,15H2,1-6H3,(H,17,20). The van der Waals surface area contributed by atoms with Gasteiger partial charge in [-0.1, -0.05) is 13.8 Å². The van der Waals surface area contributed by atoms with Crippen molar-refractivity contribution in [1.82, 2.24) is 15.1 Å². The number of hydrogen-bond donors (Lipinski definition) is 3. The van der Waals surface area contributed by atoms with Crippen molar-refractivity contribution >= 4 is 17.6 Å². The summed E-state index contributed by atoms with van der Waals surface area (Å²) in [4.78, 5) is 11.5. The molecule has 0 aliphatic heterocycles. The Bertz CT molecular complexity index is 488. The van der Waals surface area contributed by atoms with Crippen molar-refractivity contribution in [1.29, 1.82) is 0 Å². The molecule has 0 saturated carbocycles. The Balaban J connectivity index is 2.45. The number of aryl methyl sites for hydroxylation is 1. The summed E-state index contributed by atoms with van der Waals surface area (Å²) in [6, 6.07) is 0. The molecule has 1 aromatic rings. The highest BCUT2D eigenvalue weighted by Crippen LogP contribution is 2.27. The van der Waals surface area contributed by atoms with Gasteiger partial charge in [-0.25, -0.2) is 4.79 Å². The number of nitrogen functional groups attached to an aromatic ring is 1. The number of alkyl carbamates (subject to hydrolysis) is 1. The molecule has 0 aliphatic carbocycles. The van der Waals surface area contributed by atoms with Gasteiger partial charge < -0.3 is 21.1 Å². The first kappa shape index (κ1) is 17.1. The van der Waals surface area contributed by atoms with Gasteiger partial charge in [0.25, 0.3) is 0 Å². The van der Waals surface area contributed by atoms with Gasteiger partial charge in [-0.3, -0.25) is 4.68 Å². The van der Waals surface area contributed by atoms with E-state index in [1.807, 2.05) is 41.7 Å². The fourth-order valence-electron chi connectivity index (χ4n) is 1.86. The molecule has 0 aliphatic rings. The number of aromatic nitrogens is 2. The van der Waals surface area contributed by atoms with Crippen LogP contribution in [-0.2, 0) is 11.8 Å². The molecule has 1 amide bonds. The Morgan fingerprint density at radius 2 is 2.00 bits per heavy atom. The average molecular weight is 297 g/mol. The fraction of sp³-hybridized carbons (Fsp3) is 0.714. The number of carbonyl (C=O) groups excluding carboxylic acids is 1. The normalized spacial score (nSPS) is 11.6. The lowest BCUT2D eigenvalue weighted by Crippen LogP contribution is -2.35. The zero-order chi connectivity index (χ0) is 16.2. The summed E-state index contributed by atoms with van der Waals surface area (Å²) < 4.78 is 6.87. The van der Waals surface area contributed by atoms with Gasteiger partial charge in [-0.15, -0.1) is 0 Å². The van der Waals surface area contributed by atoms with E-state index in [1.54, 1.807) is 4.68 Å². The van der Waals surface area contributed by atoms with Crippen LogP contribution in [0.25, 0.3) is 0 Å². The van der Waals surface area contributed by atoms with E-state index in [-0.39, 0.29) is 5.92 Å². The topological polar surface area (TPSA) is 94.2 Å². The van der Waals surface area contributed by atoms with E-state index in [4.69, 9.17) is 10.5 Å². The lowest BCUT2D eigenvalue weighted by atomic mass is 10.1. The zero-order valence-corrected chi connectivity index (χ0v) is 13.8. The Hall–Kier alpha value is -1.92. The molecule has 21 heavy (non-hydrogen) atoms. The number of nitrogens with one attached hydrogen (secondary N) is 2. The van der Waals surface area contributed by atoms with Crippen molar-refractivity contribution in [2.45, 2.75) is 46.1 Å². The van der Waals surface area contributed by atoms with Gasteiger partial charge in [0.05, 0.1) is 11.4 Å². The van der Waals surface area contributed by atoms with Gasteiger partial charge in [0.2, 0.25) is 0 Å². The molecule has 7 heteroatoms. The molecule has 0 aromatic carbocycles. The fourth-order valence-corrected chi connectivity index (χ4v) is 1.86. The van der Waals surface area contributed by atoms with Gasteiger partial charge in [-0.2, -0.15) is 5.10 Å². The van der Waals surface area contributed by atoms with Crippen molar-refractivity contribution in [3.8, 4) is 0 Å². The highest BCUT2D eigenvalue weighted by Gasteiger charge is 2.17. The molecule has 1 rings (SSSR count). The SMILES string of the molecule is CC(C)c1nn(C)c(NCCNC(=O)OC(C)(C)C)c1N. The van der Waals surface area contributed by atoms with Crippen molar-refractivity contribution in [3.05, 3.63) is 5.69 Å². The van der Waals surface area contributed by atoms with Gasteiger partial charge >= 0.3 is 6.09 Å². The Kier molecular flexibility index (Phi) is 5.46. The quantitative estimate of drug-likeness (QED) is 0.723. The second-order valence-corrected chi connectivity index (χ2v) is 6.28. The Labute approximate surface area is 126 Å². The van der Waals surface area contributed by atoms with Crippen molar-refractivity contribution < 1.29 is 9.53 Å². The van der Waals surface area contributed by atoms with Crippen LogP contribution in [0.5, 0.6) is 0 Å². The molecule has 0 radical (unpaired) electrons. The minimum Gasteiger partial charge on any atom is -0.444 e. The number of nitrogens with two attached hydrogens (primary N) is 1. The molecule has 0 fully saturated rings. The second-order valence-electron chi connectivity index (χ2n) is 6.28. The van der Waals surface area contributed by atoms with E-state index in [0.717, 1.165) is 11.5 Å². The van der Waals surface area contributed by atoms with E-state index in [0.29, 0.717) is 18.8 Å². The summed E-state index contributed by atoms with van der Waals surface area (Å²) in [5, 5.41) is 10.3. The number of ether oxygens (including phenoxy) is 1. The number of amides is 1. The molecule has 4 N–H and O–H groups in total. The van der Waals surface area contributed by atoms with Gasteiger partial charge in [-0.05, 0) is 26.7 Å². The lowest BCUT2D eigenvalue weighted by Gasteiger charge is -2.19. The third-order valence-electron chi connectivity index (χ3n) is 2.74. The van der Waals surface area contributed by atoms with E-state index in [9.17, 15) is 4.79 Å². The monoisotopic (exact) mass is 297 g/mol. The molecular formula is C14H27N5O2. The first-order valence-corrected chi connectivity index (χ1v) is 7.15. The summed E-state index contributed by atoms with van der Waals surface area (Å²) >= 11 is 0. The molecule has 1 aromatic heterocycles. The first-order valence-electron chi connectivity index (χ1n) is 7.15. The number of rotatable bonds is 5. The van der Waals surface area contributed by atoms with Gasteiger partial charge in [0.15, 0.2) is 0 Å². The Morgan fingerprint density at radius 1 is 1.38 bits per heavy atom. The summed E-state index contributed by atoms with van der Waals surface area (Å²) in [6.07, 6.45) is -0.426. The number of nitrogens with zero attached hydrogens (tertiary/aromatic N) is 2. The number of anilines is 2. The first-order chi connectivity index (χ1) is 9.61. The molecule has 120 valence electrons. The summed E-state index contributed by atoms with van der Waals surface area (Å²) in [5.41, 5.74) is 7.11. The van der Waals surface area contributed by atoms with E-state index < -0.39 is 11.7 Å². The van der Waals surface area contributed by atoms with E-state index in [2.05, 4.69) is 15.7 Å². The maximum Gasteiger partial charge on any atom is 0.407 e. The minimum absolute atomic E-state index is 0.270. The summed E-state index contributed by atoms with van der Waals surface area (Å²) in [6.45, 7) is 10.6. The van der Waals surface area contributed by atoms with Crippen molar-refractivity contribution in [3.63, 3.8) is 0 Å². The Morgan fingerprint density at radius 3 is 2.48 bits per heavy atom. The molecular weight excluding hydrogens is 270 g/mol. The highest BCUT2D eigenvalue weighted by molar-refractivity contribution is 5.68.